The first-order valence-electron chi connectivity index (χ1n) is 8.67. The SMILES string of the molecule is COC(=O)/C=C(C)/C=C/C=C(\C)c1ccc2c(c1)C(C)(C)C(C)N2C. The maximum absolute atomic E-state index is 11.2. The van der Waals surface area contributed by atoms with Crippen LogP contribution in [0.4, 0.5) is 5.69 Å². The maximum Gasteiger partial charge on any atom is 0.330 e. The summed E-state index contributed by atoms with van der Waals surface area (Å²) in [6.07, 6.45) is 7.44. The summed E-state index contributed by atoms with van der Waals surface area (Å²) in [6.45, 7) is 10.9. The lowest BCUT2D eigenvalue weighted by Crippen LogP contribution is -2.36. The van der Waals surface area contributed by atoms with Crippen LogP contribution < -0.4 is 4.90 Å². The third-order valence-electron chi connectivity index (χ3n) is 5.40. The van der Waals surface area contributed by atoms with E-state index in [0.717, 1.165) is 5.57 Å². The molecule has 1 aromatic carbocycles. The van der Waals surface area contributed by atoms with Crippen LogP contribution in [-0.2, 0) is 14.9 Å². The number of methoxy groups -OCH3 is 1. The van der Waals surface area contributed by atoms with Gasteiger partial charge in [0.1, 0.15) is 0 Å². The summed E-state index contributed by atoms with van der Waals surface area (Å²) in [5.74, 6) is -0.332. The number of carbonyl (C=O) groups excluding carboxylic acids is 1. The molecule has 3 heteroatoms. The summed E-state index contributed by atoms with van der Waals surface area (Å²) in [5, 5.41) is 0. The van der Waals surface area contributed by atoms with E-state index in [-0.39, 0.29) is 11.4 Å². The molecule has 0 aliphatic carbocycles. The number of carbonyl (C=O) groups is 1. The molecule has 0 saturated heterocycles. The smallest absolute Gasteiger partial charge is 0.330 e. The second-order valence-corrected chi connectivity index (χ2v) is 7.36. The van der Waals surface area contributed by atoms with Crippen LogP contribution in [0.25, 0.3) is 5.57 Å². The average Bonchev–Trinajstić information content (AvgIpc) is 2.75. The number of rotatable bonds is 4. The number of fused-ring (bicyclic) bond motifs is 1. The van der Waals surface area contributed by atoms with E-state index >= 15 is 0 Å². The fourth-order valence-electron chi connectivity index (χ4n) is 3.26. The molecule has 0 bridgehead atoms. The van der Waals surface area contributed by atoms with Crippen LogP contribution in [0.1, 0.15) is 45.7 Å². The Bertz CT molecular complexity index is 753. The van der Waals surface area contributed by atoms with E-state index in [4.69, 9.17) is 0 Å². The van der Waals surface area contributed by atoms with Crippen LogP contribution in [0, 0.1) is 0 Å². The van der Waals surface area contributed by atoms with E-state index in [1.165, 1.54) is 35.6 Å². The van der Waals surface area contributed by atoms with E-state index in [2.05, 4.69) is 68.7 Å². The predicted molar refractivity (Wildman–Crippen MR) is 106 cm³/mol. The van der Waals surface area contributed by atoms with Crippen LogP contribution in [0.15, 0.2) is 48.1 Å². The van der Waals surface area contributed by atoms with Crippen molar-refractivity contribution in [2.75, 3.05) is 19.1 Å². The number of hydrogen-bond donors (Lipinski definition) is 0. The summed E-state index contributed by atoms with van der Waals surface area (Å²) < 4.78 is 4.63. The van der Waals surface area contributed by atoms with Gasteiger partial charge in [-0.15, -0.1) is 0 Å². The highest BCUT2D eigenvalue weighted by atomic mass is 16.5. The molecule has 0 saturated carbocycles. The summed E-state index contributed by atoms with van der Waals surface area (Å²) >= 11 is 0. The van der Waals surface area contributed by atoms with Crippen molar-refractivity contribution in [3.8, 4) is 0 Å². The molecule has 1 heterocycles. The van der Waals surface area contributed by atoms with Crippen molar-refractivity contribution in [2.24, 2.45) is 0 Å². The van der Waals surface area contributed by atoms with Crippen LogP contribution in [0.2, 0.25) is 0 Å². The highest BCUT2D eigenvalue weighted by molar-refractivity contribution is 5.83. The molecular weight excluding hydrogens is 310 g/mol. The highest BCUT2D eigenvalue weighted by Gasteiger charge is 2.40. The highest BCUT2D eigenvalue weighted by Crippen LogP contribution is 2.44. The molecule has 0 aromatic heterocycles. The van der Waals surface area contributed by atoms with Crippen molar-refractivity contribution in [3.63, 3.8) is 0 Å². The van der Waals surface area contributed by atoms with Gasteiger partial charge in [0, 0.05) is 30.3 Å². The predicted octanol–water partition coefficient (Wildman–Crippen LogP) is 4.88. The molecule has 1 aromatic rings. The summed E-state index contributed by atoms with van der Waals surface area (Å²) in [5.41, 5.74) is 6.15. The molecule has 1 aliphatic rings. The van der Waals surface area contributed by atoms with Crippen molar-refractivity contribution in [3.05, 3.63) is 59.2 Å². The Hall–Kier alpha value is -2.29. The van der Waals surface area contributed by atoms with E-state index in [1.54, 1.807) is 0 Å². The summed E-state index contributed by atoms with van der Waals surface area (Å²) in [7, 11) is 3.55. The zero-order valence-electron chi connectivity index (χ0n) is 16.4. The van der Waals surface area contributed by atoms with Crippen molar-refractivity contribution >= 4 is 17.2 Å². The van der Waals surface area contributed by atoms with E-state index < -0.39 is 0 Å². The molecule has 1 aliphatic heterocycles. The number of allylic oxidation sites excluding steroid dienone is 5. The number of esters is 1. The largest absolute Gasteiger partial charge is 0.466 e. The molecule has 0 fully saturated rings. The fourth-order valence-corrected chi connectivity index (χ4v) is 3.26. The Morgan fingerprint density at radius 1 is 1.28 bits per heavy atom. The van der Waals surface area contributed by atoms with Crippen LogP contribution >= 0.6 is 0 Å². The Labute approximate surface area is 151 Å². The summed E-state index contributed by atoms with van der Waals surface area (Å²) in [4.78, 5) is 13.6. The molecular formula is C22H29NO2. The Morgan fingerprint density at radius 2 is 1.96 bits per heavy atom. The zero-order valence-corrected chi connectivity index (χ0v) is 16.4. The first kappa shape index (κ1) is 19.0. The van der Waals surface area contributed by atoms with Gasteiger partial charge in [0.2, 0.25) is 0 Å². The van der Waals surface area contributed by atoms with Crippen molar-refractivity contribution in [2.45, 2.75) is 46.1 Å². The van der Waals surface area contributed by atoms with E-state index in [1.807, 2.05) is 19.1 Å². The van der Waals surface area contributed by atoms with E-state index in [9.17, 15) is 4.79 Å². The number of hydrogen-bond acceptors (Lipinski definition) is 3. The third-order valence-corrected chi connectivity index (χ3v) is 5.40. The first-order chi connectivity index (χ1) is 11.7. The number of anilines is 1. The normalized spacial score (nSPS) is 20.1. The molecule has 0 radical (unpaired) electrons. The average molecular weight is 339 g/mol. The first-order valence-corrected chi connectivity index (χ1v) is 8.67. The van der Waals surface area contributed by atoms with Gasteiger partial charge >= 0.3 is 5.97 Å². The van der Waals surface area contributed by atoms with Gasteiger partial charge in [-0.1, -0.05) is 38.1 Å². The second-order valence-electron chi connectivity index (χ2n) is 7.36. The molecule has 2 rings (SSSR count). The lowest BCUT2D eigenvalue weighted by molar-refractivity contribution is -0.134. The zero-order chi connectivity index (χ0) is 18.8. The van der Waals surface area contributed by atoms with Gasteiger partial charge < -0.3 is 9.64 Å². The van der Waals surface area contributed by atoms with Crippen molar-refractivity contribution in [1.29, 1.82) is 0 Å². The van der Waals surface area contributed by atoms with Crippen LogP contribution in [-0.4, -0.2) is 26.2 Å². The monoisotopic (exact) mass is 339 g/mol. The Balaban J connectivity index is 2.25. The van der Waals surface area contributed by atoms with Gasteiger partial charge in [-0.05, 0) is 55.2 Å². The molecule has 25 heavy (non-hydrogen) atoms. The second kappa shape index (κ2) is 7.30. The minimum atomic E-state index is -0.332. The number of ether oxygens (including phenoxy) is 1. The molecule has 0 spiro atoms. The number of benzene rings is 1. The standard InChI is InChI=1S/C22H29NO2/c1-15(13-21(24)25-7)9-8-10-16(2)18-11-12-20-19(14-18)22(4,5)17(3)23(20)6/h8-14,17H,1-7H3/b9-8+,15-13+,16-10+. The lowest BCUT2D eigenvalue weighted by Gasteiger charge is -2.28. The molecule has 0 N–H and O–H groups in total. The van der Waals surface area contributed by atoms with E-state index in [0.29, 0.717) is 6.04 Å². The molecule has 3 nitrogen and oxygen atoms in total. The summed E-state index contributed by atoms with van der Waals surface area (Å²) in [6, 6.07) is 7.19. The quantitative estimate of drug-likeness (QED) is 0.445. The van der Waals surface area contributed by atoms with Gasteiger partial charge in [-0.3, -0.25) is 0 Å². The van der Waals surface area contributed by atoms with Crippen LogP contribution in [0.5, 0.6) is 0 Å². The van der Waals surface area contributed by atoms with Gasteiger partial charge in [0.25, 0.3) is 0 Å². The fraction of sp³-hybridized carbons (Fsp3) is 0.409. The Morgan fingerprint density at radius 3 is 2.60 bits per heavy atom. The van der Waals surface area contributed by atoms with Crippen molar-refractivity contribution < 1.29 is 9.53 Å². The van der Waals surface area contributed by atoms with Crippen molar-refractivity contribution in [1.82, 2.24) is 0 Å². The Kier molecular flexibility index (Phi) is 5.56. The molecule has 1 unspecified atom stereocenters. The van der Waals surface area contributed by atoms with Gasteiger partial charge in [0.15, 0.2) is 0 Å². The molecule has 0 amide bonds. The van der Waals surface area contributed by atoms with Gasteiger partial charge in [-0.25, -0.2) is 4.79 Å². The topological polar surface area (TPSA) is 29.5 Å². The van der Waals surface area contributed by atoms with Crippen LogP contribution in [0.3, 0.4) is 0 Å². The minimum Gasteiger partial charge on any atom is -0.466 e. The maximum atomic E-state index is 11.2. The van der Waals surface area contributed by atoms with Gasteiger partial charge in [-0.2, -0.15) is 0 Å². The third kappa shape index (κ3) is 3.87. The van der Waals surface area contributed by atoms with Gasteiger partial charge in [0.05, 0.1) is 7.11 Å². The number of likely N-dealkylation sites (N-methyl/N-ethyl adjacent to an activating group) is 1. The number of nitrogens with zero attached hydrogens (tertiary/aromatic N) is 1. The minimum absolute atomic E-state index is 0.135. The molecule has 134 valence electrons. The molecule has 1 atom stereocenters. The lowest BCUT2D eigenvalue weighted by atomic mass is 9.80.